The maximum absolute atomic E-state index is 14.2. The van der Waals surface area contributed by atoms with Crippen LogP contribution in [-0.4, -0.2) is 33.6 Å². The number of benzene rings is 2. The molecule has 1 amide bonds. The minimum absolute atomic E-state index is 0.0692. The highest BCUT2D eigenvalue weighted by Crippen LogP contribution is 2.34. The molecule has 0 aliphatic rings. The van der Waals surface area contributed by atoms with Crippen molar-refractivity contribution in [1.29, 1.82) is 0 Å². The van der Waals surface area contributed by atoms with Crippen LogP contribution in [-0.2, 0) is 6.54 Å². The molecule has 0 radical (unpaired) electrons. The van der Waals surface area contributed by atoms with Gasteiger partial charge in [-0.15, -0.1) is 22.7 Å². The lowest BCUT2D eigenvalue weighted by atomic mass is 10.0. The van der Waals surface area contributed by atoms with E-state index in [1.54, 1.807) is 20.9 Å². The monoisotopic (exact) mass is 623 g/mol. The fraction of sp³-hybridized carbons (Fsp3) is 0.276. The summed E-state index contributed by atoms with van der Waals surface area (Å²) in [5.41, 5.74) is 11.3. The Morgan fingerprint density at radius 1 is 1.10 bits per heavy atom. The highest BCUT2D eigenvalue weighted by Gasteiger charge is 2.33. The zero-order valence-corrected chi connectivity index (χ0v) is 25.2. The van der Waals surface area contributed by atoms with Gasteiger partial charge in [0.2, 0.25) is 0 Å². The Morgan fingerprint density at radius 2 is 1.85 bits per heavy atom. The molecule has 3 N–H and O–H groups in total. The highest BCUT2D eigenvalue weighted by atomic mass is 79.9. The molecular formula is C29H30BrN5O2S2. The molecule has 0 aliphatic heterocycles. The van der Waals surface area contributed by atoms with E-state index in [0.717, 1.165) is 24.3 Å². The minimum atomic E-state index is -0.537. The summed E-state index contributed by atoms with van der Waals surface area (Å²) in [6.45, 7) is 7.17. The number of halogens is 1. The van der Waals surface area contributed by atoms with E-state index in [1.165, 1.54) is 11.3 Å². The molecule has 202 valence electrons. The molecule has 1 unspecified atom stereocenters. The van der Waals surface area contributed by atoms with Crippen molar-refractivity contribution in [3.8, 4) is 0 Å². The van der Waals surface area contributed by atoms with Crippen molar-refractivity contribution in [3.63, 3.8) is 0 Å². The van der Waals surface area contributed by atoms with Crippen molar-refractivity contribution in [3.05, 3.63) is 96.6 Å². The third-order valence-corrected chi connectivity index (χ3v) is 9.33. The number of carbonyl (C=O) groups is 1. The topological polar surface area (TPSA) is 93.2 Å². The number of rotatable bonds is 9. The van der Waals surface area contributed by atoms with Crippen molar-refractivity contribution in [1.82, 2.24) is 20.0 Å². The Hall–Kier alpha value is -2.89. The van der Waals surface area contributed by atoms with Gasteiger partial charge in [0.1, 0.15) is 16.6 Å². The number of fused-ring (bicyclic) bond motifs is 3. The van der Waals surface area contributed by atoms with Crippen LogP contribution in [0.25, 0.3) is 20.3 Å². The van der Waals surface area contributed by atoms with Gasteiger partial charge >= 0.3 is 0 Å². The minimum Gasteiger partial charge on any atom is -0.329 e. The molecule has 1 atom stereocenters. The van der Waals surface area contributed by atoms with Crippen LogP contribution >= 0.6 is 38.6 Å². The van der Waals surface area contributed by atoms with Crippen LogP contribution in [0.3, 0.4) is 0 Å². The van der Waals surface area contributed by atoms with Gasteiger partial charge in [0.05, 0.1) is 15.8 Å². The number of hydrazine groups is 1. The second-order valence-electron chi connectivity index (χ2n) is 9.77. The van der Waals surface area contributed by atoms with E-state index >= 15 is 0 Å². The van der Waals surface area contributed by atoms with Crippen LogP contribution in [0.4, 0.5) is 0 Å². The lowest BCUT2D eigenvalue weighted by molar-refractivity contribution is 0.0442. The first-order chi connectivity index (χ1) is 18.8. The quantitative estimate of drug-likeness (QED) is 0.194. The molecule has 5 rings (SSSR count). The molecule has 10 heteroatoms. The number of aromatic nitrogens is 2. The van der Waals surface area contributed by atoms with Gasteiger partial charge in [-0.3, -0.25) is 19.2 Å². The molecule has 2 aromatic carbocycles. The van der Waals surface area contributed by atoms with E-state index in [0.29, 0.717) is 41.2 Å². The largest absolute Gasteiger partial charge is 0.329 e. The van der Waals surface area contributed by atoms with Crippen molar-refractivity contribution in [2.75, 3.05) is 13.1 Å². The molecule has 0 aliphatic carbocycles. The van der Waals surface area contributed by atoms with Crippen LogP contribution < -0.4 is 16.7 Å². The molecule has 0 bridgehead atoms. The lowest BCUT2D eigenvalue weighted by Crippen LogP contribution is -2.50. The Morgan fingerprint density at radius 3 is 2.51 bits per heavy atom. The van der Waals surface area contributed by atoms with Crippen molar-refractivity contribution in [2.45, 2.75) is 33.4 Å². The molecule has 0 spiro atoms. The number of aryl methyl sites for hydroxylation is 1. The summed E-state index contributed by atoms with van der Waals surface area (Å²) in [6, 6.07) is 18.9. The Bertz CT molecular complexity index is 1690. The zero-order valence-electron chi connectivity index (χ0n) is 22.0. The second kappa shape index (κ2) is 11.7. The van der Waals surface area contributed by atoms with Gasteiger partial charge in [-0.25, -0.2) is 10.4 Å². The van der Waals surface area contributed by atoms with Crippen LogP contribution in [0.15, 0.2) is 69.2 Å². The third-order valence-electron chi connectivity index (χ3n) is 6.57. The third kappa shape index (κ3) is 5.57. The molecule has 0 saturated carbocycles. The Kier molecular flexibility index (Phi) is 8.29. The van der Waals surface area contributed by atoms with Crippen molar-refractivity contribution in [2.24, 2.45) is 11.7 Å². The van der Waals surface area contributed by atoms with Gasteiger partial charge in [-0.2, -0.15) is 0 Å². The standard InChI is InChI=1S/C29H30BrN5O2S2/c1-17(2)25(35(32-15-14-31)28(36)19-10-8-18(3)9-11-19)27-33-24-21-6-4-5-7-22(21)39-26(24)29(37)34(27)16-20-12-13-23(30)38-20/h4-13,17,25,32H,14-16,31H2,1-3H3. The summed E-state index contributed by atoms with van der Waals surface area (Å²) in [5.74, 6) is 0.276. The predicted octanol–water partition coefficient (Wildman–Crippen LogP) is 6.09. The zero-order chi connectivity index (χ0) is 27.7. The van der Waals surface area contributed by atoms with E-state index in [1.807, 2.05) is 81.4 Å². The number of nitrogens with two attached hydrogens (primary N) is 1. The summed E-state index contributed by atoms with van der Waals surface area (Å²) in [7, 11) is 0. The van der Waals surface area contributed by atoms with Gasteiger partial charge < -0.3 is 5.73 Å². The maximum Gasteiger partial charge on any atom is 0.271 e. The number of carbonyl (C=O) groups excluding carboxylic acids is 1. The summed E-state index contributed by atoms with van der Waals surface area (Å²) in [5, 5.41) is 2.56. The number of thiophene rings is 2. The molecule has 3 aromatic heterocycles. The average Bonchev–Trinajstić information content (AvgIpc) is 3.51. The molecule has 3 heterocycles. The Balaban J connectivity index is 1.74. The SMILES string of the molecule is Cc1ccc(C(=O)N(NCCN)C(c2nc3c(sc4ccccc43)c(=O)n2Cc2ccc(Br)s2)C(C)C)cc1. The molecule has 0 fully saturated rings. The second-order valence-corrected chi connectivity index (χ2v) is 13.4. The van der Waals surface area contributed by atoms with Crippen LogP contribution in [0, 0.1) is 12.8 Å². The molecule has 39 heavy (non-hydrogen) atoms. The number of hydrogen-bond donors (Lipinski definition) is 2. The summed E-state index contributed by atoms with van der Waals surface area (Å²) < 4.78 is 4.35. The van der Waals surface area contributed by atoms with Gasteiger partial charge in [-0.1, -0.05) is 49.7 Å². The Labute approximate surface area is 243 Å². The normalized spacial score (nSPS) is 12.5. The first-order valence-electron chi connectivity index (χ1n) is 12.8. The molecule has 7 nitrogen and oxygen atoms in total. The molecular weight excluding hydrogens is 594 g/mol. The van der Waals surface area contributed by atoms with Gasteiger partial charge in [-0.05, 0) is 59.1 Å². The maximum atomic E-state index is 14.2. The van der Waals surface area contributed by atoms with Gasteiger partial charge in [0.15, 0.2) is 0 Å². The predicted molar refractivity (Wildman–Crippen MR) is 164 cm³/mol. The molecule has 0 saturated heterocycles. The lowest BCUT2D eigenvalue weighted by Gasteiger charge is -2.35. The van der Waals surface area contributed by atoms with Crippen molar-refractivity contribution < 1.29 is 4.79 Å². The van der Waals surface area contributed by atoms with E-state index < -0.39 is 6.04 Å². The van der Waals surface area contributed by atoms with Gasteiger partial charge in [0, 0.05) is 33.6 Å². The fourth-order valence-corrected chi connectivity index (χ4v) is 7.25. The van der Waals surface area contributed by atoms with Crippen LogP contribution in [0.2, 0.25) is 0 Å². The van der Waals surface area contributed by atoms with Crippen LogP contribution in [0.1, 0.15) is 46.5 Å². The van der Waals surface area contributed by atoms with Crippen molar-refractivity contribution >= 4 is 64.8 Å². The fourth-order valence-electron chi connectivity index (χ4n) is 4.69. The average molecular weight is 625 g/mol. The number of hydrogen-bond acceptors (Lipinski definition) is 7. The summed E-state index contributed by atoms with van der Waals surface area (Å²) in [6.07, 6.45) is 0. The first kappa shape index (κ1) is 27.7. The van der Waals surface area contributed by atoms with E-state index in [4.69, 9.17) is 10.7 Å². The van der Waals surface area contributed by atoms with E-state index in [-0.39, 0.29) is 17.4 Å². The smallest absolute Gasteiger partial charge is 0.271 e. The number of nitrogens with one attached hydrogen (secondary N) is 1. The summed E-state index contributed by atoms with van der Waals surface area (Å²) >= 11 is 6.58. The van der Waals surface area contributed by atoms with E-state index in [2.05, 4.69) is 21.4 Å². The molecule has 5 aromatic rings. The highest BCUT2D eigenvalue weighted by molar-refractivity contribution is 9.11. The first-order valence-corrected chi connectivity index (χ1v) is 15.2. The number of amides is 1. The van der Waals surface area contributed by atoms with E-state index in [9.17, 15) is 9.59 Å². The van der Waals surface area contributed by atoms with Gasteiger partial charge in [0.25, 0.3) is 11.5 Å². The number of nitrogens with zero attached hydrogens (tertiary/aromatic N) is 3. The van der Waals surface area contributed by atoms with Crippen LogP contribution in [0.5, 0.6) is 0 Å². The summed E-state index contributed by atoms with van der Waals surface area (Å²) in [4.78, 5) is 34.3.